The minimum Gasteiger partial charge on any atom is -0.353 e. The molecule has 0 fully saturated rings. The highest BCUT2D eigenvalue weighted by atomic mass is 79.9. The average Bonchev–Trinajstić information content (AvgIpc) is 2.56. The standard InChI is InChI=1S/C16H15BrN4O/c1-21-13-5-3-2-4-12(13)18-16-15(21)19-14(20-22-16)10-6-8-11(17)9-7-10/h2-9,15-16,18H,1H3,(H,19,20). The molecule has 0 aliphatic carbocycles. The van der Waals surface area contributed by atoms with Crippen molar-refractivity contribution in [3.05, 3.63) is 58.6 Å². The number of benzene rings is 2. The zero-order valence-corrected chi connectivity index (χ0v) is 13.5. The van der Waals surface area contributed by atoms with Crippen LogP contribution in [0.2, 0.25) is 0 Å². The fourth-order valence-electron chi connectivity index (χ4n) is 2.74. The first kappa shape index (κ1) is 13.6. The number of rotatable bonds is 1. The summed E-state index contributed by atoms with van der Waals surface area (Å²) in [4.78, 5) is 12.7. The number of amidine groups is 1. The van der Waals surface area contributed by atoms with E-state index in [1.807, 2.05) is 49.5 Å². The van der Waals surface area contributed by atoms with Gasteiger partial charge in [0, 0.05) is 17.1 Å². The van der Waals surface area contributed by atoms with E-state index >= 15 is 0 Å². The third kappa shape index (κ3) is 2.24. The largest absolute Gasteiger partial charge is 0.353 e. The Labute approximate surface area is 137 Å². The zero-order valence-electron chi connectivity index (χ0n) is 12.0. The summed E-state index contributed by atoms with van der Waals surface area (Å²) in [5, 5.41) is 3.37. The molecule has 2 atom stereocenters. The van der Waals surface area contributed by atoms with Gasteiger partial charge in [-0.05, 0) is 24.3 Å². The van der Waals surface area contributed by atoms with Crippen LogP contribution >= 0.6 is 15.9 Å². The van der Waals surface area contributed by atoms with E-state index in [2.05, 4.69) is 37.7 Å². The Morgan fingerprint density at radius 2 is 1.91 bits per heavy atom. The van der Waals surface area contributed by atoms with Crippen molar-refractivity contribution in [3.63, 3.8) is 0 Å². The average molecular weight is 359 g/mol. The number of nitrogens with zero attached hydrogens (tertiary/aromatic N) is 2. The van der Waals surface area contributed by atoms with Crippen LogP contribution in [0, 0.1) is 0 Å². The van der Waals surface area contributed by atoms with Crippen molar-refractivity contribution >= 4 is 33.1 Å². The van der Waals surface area contributed by atoms with Crippen LogP contribution in [0.3, 0.4) is 0 Å². The van der Waals surface area contributed by atoms with Crippen LogP contribution in [0.4, 0.5) is 11.4 Å². The fraction of sp³-hybridized carbons (Fsp3) is 0.188. The summed E-state index contributed by atoms with van der Waals surface area (Å²) < 4.78 is 1.04. The first-order valence-corrected chi connectivity index (χ1v) is 7.85. The summed E-state index contributed by atoms with van der Waals surface area (Å²) in [6.45, 7) is 0. The molecule has 2 heterocycles. The van der Waals surface area contributed by atoms with E-state index in [9.17, 15) is 0 Å². The van der Waals surface area contributed by atoms with Crippen molar-refractivity contribution in [1.82, 2.24) is 5.48 Å². The number of aliphatic imine (C=N–C) groups is 1. The van der Waals surface area contributed by atoms with E-state index in [0.29, 0.717) is 0 Å². The van der Waals surface area contributed by atoms with Gasteiger partial charge in [-0.25, -0.2) is 15.3 Å². The molecule has 5 nitrogen and oxygen atoms in total. The van der Waals surface area contributed by atoms with Crippen LogP contribution in [0.5, 0.6) is 0 Å². The predicted octanol–water partition coefficient (Wildman–Crippen LogP) is 2.94. The molecule has 2 unspecified atom stereocenters. The van der Waals surface area contributed by atoms with E-state index < -0.39 is 0 Å². The van der Waals surface area contributed by atoms with Gasteiger partial charge in [0.05, 0.1) is 11.4 Å². The molecule has 112 valence electrons. The lowest BCUT2D eigenvalue weighted by molar-refractivity contribution is 0.0000734. The number of para-hydroxylation sites is 2. The smallest absolute Gasteiger partial charge is 0.196 e. The van der Waals surface area contributed by atoms with Gasteiger partial charge < -0.3 is 10.2 Å². The highest BCUT2D eigenvalue weighted by molar-refractivity contribution is 9.10. The molecule has 0 saturated heterocycles. The van der Waals surface area contributed by atoms with Crippen molar-refractivity contribution < 1.29 is 4.84 Å². The van der Waals surface area contributed by atoms with Crippen molar-refractivity contribution in [2.24, 2.45) is 4.99 Å². The second kappa shape index (κ2) is 5.30. The lowest BCUT2D eigenvalue weighted by Gasteiger charge is -2.42. The normalized spacial score (nSPS) is 22.8. The predicted molar refractivity (Wildman–Crippen MR) is 90.9 cm³/mol. The van der Waals surface area contributed by atoms with Gasteiger partial charge >= 0.3 is 0 Å². The maximum absolute atomic E-state index is 5.76. The minimum absolute atomic E-state index is 0.116. The Morgan fingerprint density at radius 3 is 2.73 bits per heavy atom. The SMILES string of the molecule is CN1c2ccccc2NC2ONC(c3ccc(Br)cc3)=NC21. The molecule has 0 spiro atoms. The summed E-state index contributed by atoms with van der Waals surface area (Å²) in [6, 6.07) is 16.1. The Balaban J connectivity index is 1.69. The highest BCUT2D eigenvalue weighted by Gasteiger charge is 2.36. The van der Waals surface area contributed by atoms with Crippen LogP contribution in [0.1, 0.15) is 5.56 Å². The molecular formula is C16H15BrN4O. The topological polar surface area (TPSA) is 48.9 Å². The van der Waals surface area contributed by atoms with Crippen LogP contribution in [0.15, 0.2) is 58.0 Å². The molecule has 2 aromatic carbocycles. The van der Waals surface area contributed by atoms with Crippen LogP contribution in [-0.4, -0.2) is 25.3 Å². The Bertz CT molecular complexity index is 731. The molecule has 0 radical (unpaired) electrons. The molecule has 4 rings (SSSR count). The molecule has 6 heteroatoms. The number of hydrogen-bond donors (Lipinski definition) is 2. The van der Waals surface area contributed by atoms with Crippen molar-refractivity contribution in [3.8, 4) is 0 Å². The third-order valence-electron chi connectivity index (χ3n) is 3.91. The molecule has 0 amide bonds. The van der Waals surface area contributed by atoms with Crippen LogP contribution < -0.4 is 15.7 Å². The molecule has 2 aliphatic rings. The van der Waals surface area contributed by atoms with Gasteiger partial charge in [0.2, 0.25) is 0 Å². The van der Waals surface area contributed by atoms with Crippen LogP contribution in [0.25, 0.3) is 0 Å². The molecule has 2 aliphatic heterocycles. The van der Waals surface area contributed by atoms with Gasteiger partial charge in [0.1, 0.15) is 0 Å². The van der Waals surface area contributed by atoms with Crippen molar-refractivity contribution in [1.29, 1.82) is 0 Å². The first-order chi connectivity index (χ1) is 10.7. The summed E-state index contributed by atoms with van der Waals surface area (Å²) in [6.07, 6.45) is -0.339. The Morgan fingerprint density at radius 1 is 1.14 bits per heavy atom. The van der Waals surface area contributed by atoms with E-state index in [0.717, 1.165) is 27.2 Å². The van der Waals surface area contributed by atoms with Crippen molar-refractivity contribution in [2.75, 3.05) is 17.3 Å². The summed E-state index contributed by atoms with van der Waals surface area (Å²) >= 11 is 3.44. The number of halogens is 1. The molecule has 22 heavy (non-hydrogen) atoms. The van der Waals surface area contributed by atoms with E-state index in [4.69, 9.17) is 9.83 Å². The Kier molecular flexibility index (Phi) is 3.28. The summed E-state index contributed by atoms with van der Waals surface area (Å²) in [5.74, 6) is 0.738. The van der Waals surface area contributed by atoms with E-state index in [1.165, 1.54) is 0 Å². The van der Waals surface area contributed by atoms with Crippen LogP contribution in [-0.2, 0) is 4.84 Å². The van der Waals surface area contributed by atoms with Gasteiger partial charge in [0.25, 0.3) is 0 Å². The fourth-order valence-corrected chi connectivity index (χ4v) is 3.00. The minimum atomic E-state index is -0.223. The molecular weight excluding hydrogens is 344 g/mol. The maximum Gasteiger partial charge on any atom is 0.196 e. The quantitative estimate of drug-likeness (QED) is 0.822. The summed E-state index contributed by atoms with van der Waals surface area (Å²) in [7, 11) is 2.04. The number of fused-ring (bicyclic) bond motifs is 2. The van der Waals surface area contributed by atoms with Gasteiger partial charge in [-0.3, -0.25) is 0 Å². The number of hydrogen-bond acceptors (Lipinski definition) is 5. The van der Waals surface area contributed by atoms with Gasteiger partial charge in [-0.1, -0.05) is 40.2 Å². The number of likely N-dealkylation sites (N-methyl/N-ethyl adjacent to an activating group) is 1. The molecule has 2 N–H and O–H groups in total. The maximum atomic E-state index is 5.76. The first-order valence-electron chi connectivity index (χ1n) is 7.06. The lowest BCUT2D eigenvalue weighted by Crippen LogP contribution is -2.55. The molecule has 0 aromatic heterocycles. The monoisotopic (exact) mass is 358 g/mol. The lowest BCUT2D eigenvalue weighted by atomic mass is 10.1. The Hall–Kier alpha value is -2.05. The van der Waals surface area contributed by atoms with Gasteiger partial charge in [0.15, 0.2) is 18.2 Å². The van der Waals surface area contributed by atoms with E-state index in [-0.39, 0.29) is 12.4 Å². The summed E-state index contributed by atoms with van der Waals surface area (Å²) in [5.41, 5.74) is 6.12. The third-order valence-corrected chi connectivity index (χ3v) is 4.44. The van der Waals surface area contributed by atoms with Gasteiger partial charge in [-0.15, -0.1) is 0 Å². The second-order valence-corrected chi connectivity index (χ2v) is 6.23. The number of hydroxylamine groups is 1. The molecule has 0 bridgehead atoms. The number of nitrogens with one attached hydrogen (secondary N) is 2. The highest BCUT2D eigenvalue weighted by Crippen LogP contribution is 2.34. The van der Waals surface area contributed by atoms with Crippen molar-refractivity contribution in [2.45, 2.75) is 12.4 Å². The second-order valence-electron chi connectivity index (χ2n) is 5.31. The van der Waals surface area contributed by atoms with E-state index in [1.54, 1.807) is 0 Å². The molecule has 0 saturated carbocycles. The molecule has 2 aromatic rings. The number of anilines is 2. The van der Waals surface area contributed by atoms with Gasteiger partial charge in [-0.2, -0.15) is 0 Å². The zero-order chi connectivity index (χ0) is 15.1.